The lowest BCUT2D eigenvalue weighted by molar-refractivity contribution is 0.670. The van der Waals surface area contributed by atoms with Gasteiger partial charge in [-0.05, 0) is 83.1 Å². The van der Waals surface area contributed by atoms with E-state index in [0.717, 1.165) is 93.3 Å². The number of aromatic nitrogens is 2. The van der Waals surface area contributed by atoms with Crippen LogP contribution in [0.25, 0.3) is 86.8 Å². The van der Waals surface area contributed by atoms with Gasteiger partial charge in [0.2, 0.25) is 0 Å². The Hall–Kier alpha value is -7.08. The fourth-order valence-corrected chi connectivity index (χ4v) is 9.03. The van der Waals surface area contributed by atoms with E-state index in [2.05, 4.69) is 187 Å². The van der Waals surface area contributed by atoms with E-state index in [1.54, 1.807) is 11.3 Å². The van der Waals surface area contributed by atoms with Crippen LogP contribution in [-0.2, 0) is 0 Å². The third-order valence-corrected chi connectivity index (χ3v) is 11.6. The number of nitrogens with zero attached hydrogens (tertiary/aromatic N) is 3. The van der Waals surface area contributed by atoms with Gasteiger partial charge in [-0.1, -0.05) is 121 Å². The second-order valence-electron chi connectivity index (χ2n) is 13.8. The SMILES string of the molecule is c1ccc(-c2nc(-c3ccc(-c4ccc(N(c5ccccc5)c5ccccc5)cc4)c4oc5cc6ccccc6cc5c34)nc3c2sc2ccccc23)cc1. The van der Waals surface area contributed by atoms with Crippen molar-refractivity contribution < 1.29 is 4.42 Å². The van der Waals surface area contributed by atoms with Gasteiger partial charge in [-0.2, -0.15) is 0 Å². The van der Waals surface area contributed by atoms with Crippen molar-refractivity contribution in [3.8, 4) is 33.8 Å². The summed E-state index contributed by atoms with van der Waals surface area (Å²) in [6.07, 6.45) is 0. The first-order valence-corrected chi connectivity index (χ1v) is 19.2. The summed E-state index contributed by atoms with van der Waals surface area (Å²) in [4.78, 5) is 13.0. The molecular weight excluding hydrogens is 691 g/mol. The Kier molecular flexibility index (Phi) is 7.32. The molecule has 0 atom stereocenters. The van der Waals surface area contributed by atoms with Crippen LogP contribution in [0.15, 0.2) is 192 Å². The van der Waals surface area contributed by atoms with E-state index >= 15 is 0 Å². The Morgan fingerprint density at radius 3 is 1.80 bits per heavy atom. The highest BCUT2D eigenvalue weighted by atomic mass is 32.1. The lowest BCUT2D eigenvalue weighted by Gasteiger charge is -2.25. The van der Waals surface area contributed by atoms with Gasteiger partial charge in [0, 0.05) is 54.6 Å². The number of hydrogen-bond donors (Lipinski definition) is 0. The van der Waals surface area contributed by atoms with Crippen LogP contribution in [0.4, 0.5) is 17.1 Å². The van der Waals surface area contributed by atoms with Gasteiger partial charge in [0.1, 0.15) is 11.2 Å². The fraction of sp³-hybridized carbons (Fsp3) is 0. The van der Waals surface area contributed by atoms with Crippen molar-refractivity contribution in [2.45, 2.75) is 0 Å². The molecule has 0 aliphatic rings. The Morgan fingerprint density at radius 2 is 1.07 bits per heavy atom. The van der Waals surface area contributed by atoms with Crippen molar-refractivity contribution >= 4 is 81.4 Å². The number of anilines is 3. The number of fused-ring (bicyclic) bond motifs is 7. The smallest absolute Gasteiger partial charge is 0.161 e. The third kappa shape index (κ3) is 5.28. The summed E-state index contributed by atoms with van der Waals surface area (Å²) in [5.74, 6) is 0.680. The summed E-state index contributed by atoms with van der Waals surface area (Å²) in [7, 11) is 0. The summed E-state index contributed by atoms with van der Waals surface area (Å²) >= 11 is 1.75. The number of furan rings is 1. The molecule has 0 amide bonds. The predicted octanol–water partition coefficient (Wildman–Crippen LogP) is 14.4. The molecule has 3 heterocycles. The Bertz CT molecular complexity index is 3150. The molecule has 11 aromatic rings. The van der Waals surface area contributed by atoms with Crippen LogP contribution in [0.2, 0.25) is 0 Å². The average Bonchev–Trinajstić information content (AvgIpc) is 3.82. The Labute approximate surface area is 321 Å². The average molecular weight is 722 g/mol. The van der Waals surface area contributed by atoms with Gasteiger partial charge >= 0.3 is 0 Å². The number of para-hydroxylation sites is 2. The molecule has 0 aliphatic carbocycles. The standard InChI is InChI=1S/C50H31N3OS/c1-4-14-33(15-5-1)46-49-47(40-22-12-13-23-44(40)55-49)52-50(51-46)41-29-28-39(48-45(41)42-30-34-16-10-11-17-35(34)31-43(42)54-48)32-24-26-38(27-25-32)53(36-18-6-2-7-19-36)37-20-8-3-9-21-37/h1-31H. The van der Waals surface area contributed by atoms with Crippen molar-refractivity contribution in [2.24, 2.45) is 0 Å². The molecule has 11 rings (SSSR count). The van der Waals surface area contributed by atoms with Gasteiger partial charge in [0.25, 0.3) is 0 Å². The minimum Gasteiger partial charge on any atom is -0.455 e. The van der Waals surface area contributed by atoms with Crippen LogP contribution in [-0.4, -0.2) is 9.97 Å². The summed E-state index contributed by atoms with van der Waals surface area (Å²) in [6.45, 7) is 0. The molecule has 4 nitrogen and oxygen atoms in total. The second-order valence-corrected chi connectivity index (χ2v) is 14.8. The van der Waals surface area contributed by atoms with Crippen molar-refractivity contribution in [1.82, 2.24) is 9.97 Å². The number of thiophene rings is 1. The van der Waals surface area contributed by atoms with Gasteiger partial charge in [-0.25, -0.2) is 9.97 Å². The normalized spacial score (nSPS) is 11.6. The van der Waals surface area contributed by atoms with E-state index in [-0.39, 0.29) is 0 Å². The first kappa shape index (κ1) is 31.4. The highest BCUT2D eigenvalue weighted by Crippen LogP contribution is 2.45. The molecule has 5 heteroatoms. The predicted molar refractivity (Wildman–Crippen MR) is 231 cm³/mol. The first-order chi connectivity index (χ1) is 27.3. The molecule has 0 fully saturated rings. The highest BCUT2D eigenvalue weighted by Gasteiger charge is 2.23. The molecule has 55 heavy (non-hydrogen) atoms. The zero-order valence-electron chi connectivity index (χ0n) is 29.6. The van der Waals surface area contributed by atoms with Gasteiger partial charge in [0.15, 0.2) is 5.82 Å². The van der Waals surface area contributed by atoms with Crippen LogP contribution >= 0.6 is 11.3 Å². The van der Waals surface area contributed by atoms with Gasteiger partial charge in [-0.15, -0.1) is 11.3 Å². The zero-order valence-corrected chi connectivity index (χ0v) is 30.4. The highest BCUT2D eigenvalue weighted by molar-refractivity contribution is 7.26. The molecule has 0 unspecified atom stereocenters. The maximum absolute atomic E-state index is 6.92. The summed E-state index contributed by atoms with van der Waals surface area (Å²) in [6, 6.07) is 65.9. The number of benzene rings is 8. The Morgan fingerprint density at radius 1 is 0.473 bits per heavy atom. The van der Waals surface area contributed by atoms with Crippen LogP contribution < -0.4 is 4.90 Å². The summed E-state index contributed by atoms with van der Waals surface area (Å²) < 4.78 is 9.21. The fourth-order valence-electron chi connectivity index (χ4n) is 7.87. The van der Waals surface area contributed by atoms with Crippen LogP contribution in [0.5, 0.6) is 0 Å². The third-order valence-electron chi connectivity index (χ3n) is 10.5. The molecule has 0 saturated carbocycles. The molecule has 0 bridgehead atoms. The monoisotopic (exact) mass is 721 g/mol. The molecule has 0 spiro atoms. The zero-order chi connectivity index (χ0) is 36.3. The maximum atomic E-state index is 6.92. The molecule has 0 saturated heterocycles. The summed E-state index contributed by atoms with van der Waals surface area (Å²) in [5.41, 5.74) is 10.9. The van der Waals surface area contributed by atoms with Crippen molar-refractivity contribution in [2.75, 3.05) is 4.90 Å². The Balaban J connectivity index is 1.14. The van der Waals surface area contributed by atoms with Gasteiger partial charge < -0.3 is 9.32 Å². The van der Waals surface area contributed by atoms with Crippen molar-refractivity contribution in [3.05, 3.63) is 188 Å². The van der Waals surface area contributed by atoms with E-state index in [0.29, 0.717) is 5.82 Å². The van der Waals surface area contributed by atoms with Gasteiger partial charge in [-0.3, -0.25) is 0 Å². The molecule has 8 aromatic carbocycles. The lowest BCUT2D eigenvalue weighted by Crippen LogP contribution is -2.09. The van der Waals surface area contributed by atoms with E-state index in [1.165, 1.54) is 4.70 Å². The first-order valence-electron chi connectivity index (χ1n) is 18.4. The van der Waals surface area contributed by atoms with E-state index < -0.39 is 0 Å². The largest absolute Gasteiger partial charge is 0.455 e. The topological polar surface area (TPSA) is 42.2 Å². The lowest BCUT2D eigenvalue weighted by atomic mass is 9.96. The van der Waals surface area contributed by atoms with Crippen molar-refractivity contribution in [3.63, 3.8) is 0 Å². The van der Waals surface area contributed by atoms with E-state index in [9.17, 15) is 0 Å². The molecular formula is C50H31N3OS. The van der Waals surface area contributed by atoms with Gasteiger partial charge in [0.05, 0.1) is 15.9 Å². The maximum Gasteiger partial charge on any atom is 0.161 e. The van der Waals surface area contributed by atoms with E-state index in [4.69, 9.17) is 14.4 Å². The molecule has 0 N–H and O–H groups in total. The van der Waals surface area contributed by atoms with Crippen molar-refractivity contribution in [1.29, 1.82) is 0 Å². The molecule has 258 valence electrons. The summed E-state index contributed by atoms with van der Waals surface area (Å²) in [5, 5.41) is 5.49. The van der Waals surface area contributed by atoms with Crippen LogP contribution in [0, 0.1) is 0 Å². The quantitative estimate of drug-likeness (QED) is 0.171. The minimum atomic E-state index is 0.680. The van der Waals surface area contributed by atoms with Crippen LogP contribution in [0.3, 0.4) is 0 Å². The minimum absolute atomic E-state index is 0.680. The second kappa shape index (κ2) is 12.8. The number of hydrogen-bond acceptors (Lipinski definition) is 5. The number of rotatable bonds is 6. The van der Waals surface area contributed by atoms with E-state index in [1.807, 2.05) is 6.07 Å². The molecule has 0 aliphatic heterocycles. The van der Waals surface area contributed by atoms with Crippen LogP contribution in [0.1, 0.15) is 0 Å². The molecule has 0 radical (unpaired) electrons. The molecule has 3 aromatic heterocycles.